The SMILES string of the molecule is CC(c1nc(C2CC2)no1)N1CCCC(c2noc(C3CC3)n2)C1. The van der Waals surface area contributed by atoms with Gasteiger partial charge in [-0.1, -0.05) is 10.3 Å². The molecule has 0 radical (unpaired) electrons. The lowest BCUT2D eigenvalue weighted by atomic mass is 9.96. The van der Waals surface area contributed by atoms with Gasteiger partial charge in [0.1, 0.15) is 0 Å². The summed E-state index contributed by atoms with van der Waals surface area (Å²) in [5, 5.41) is 8.39. The summed E-state index contributed by atoms with van der Waals surface area (Å²) in [4.78, 5) is 11.7. The molecule has 2 aliphatic carbocycles. The third kappa shape index (κ3) is 2.75. The molecule has 0 bridgehead atoms. The van der Waals surface area contributed by atoms with E-state index in [0.717, 1.165) is 49.4 Å². The quantitative estimate of drug-likeness (QED) is 0.833. The molecule has 2 atom stereocenters. The van der Waals surface area contributed by atoms with Crippen molar-refractivity contribution >= 4 is 0 Å². The van der Waals surface area contributed by atoms with E-state index in [0.29, 0.717) is 17.8 Å². The van der Waals surface area contributed by atoms with Gasteiger partial charge < -0.3 is 9.05 Å². The second kappa shape index (κ2) is 5.65. The third-order valence-corrected chi connectivity index (χ3v) is 5.51. The molecule has 0 spiro atoms. The first-order valence-electron chi connectivity index (χ1n) is 9.19. The number of hydrogen-bond donors (Lipinski definition) is 0. The van der Waals surface area contributed by atoms with Crippen LogP contribution < -0.4 is 0 Å². The topological polar surface area (TPSA) is 81.1 Å². The molecule has 7 heteroatoms. The van der Waals surface area contributed by atoms with E-state index in [1.54, 1.807) is 0 Å². The fraction of sp³-hybridized carbons (Fsp3) is 0.765. The van der Waals surface area contributed by atoms with Crippen LogP contribution in [-0.2, 0) is 0 Å². The number of rotatable bonds is 5. The maximum atomic E-state index is 5.51. The Morgan fingerprint density at radius 1 is 0.917 bits per heavy atom. The van der Waals surface area contributed by atoms with E-state index in [1.807, 2.05) is 0 Å². The van der Waals surface area contributed by atoms with E-state index < -0.39 is 0 Å². The summed E-state index contributed by atoms with van der Waals surface area (Å²) in [6, 6.07) is 0.141. The second-order valence-electron chi connectivity index (χ2n) is 7.54. The number of likely N-dealkylation sites (tertiary alicyclic amines) is 1. The maximum Gasteiger partial charge on any atom is 0.243 e. The Labute approximate surface area is 140 Å². The third-order valence-electron chi connectivity index (χ3n) is 5.51. The summed E-state index contributed by atoms with van der Waals surface area (Å²) in [6.07, 6.45) is 7.02. The molecule has 0 aromatic carbocycles. The van der Waals surface area contributed by atoms with Gasteiger partial charge in [-0.05, 0) is 52.0 Å². The van der Waals surface area contributed by atoms with Crippen LogP contribution in [0.3, 0.4) is 0 Å². The minimum Gasteiger partial charge on any atom is -0.339 e. The molecular formula is C17H23N5O2. The van der Waals surface area contributed by atoms with Gasteiger partial charge in [0.05, 0.1) is 6.04 Å². The van der Waals surface area contributed by atoms with Gasteiger partial charge in [0.25, 0.3) is 0 Å². The Hall–Kier alpha value is -1.76. The molecule has 128 valence electrons. The fourth-order valence-corrected chi connectivity index (χ4v) is 3.56. The molecule has 7 nitrogen and oxygen atoms in total. The Morgan fingerprint density at radius 2 is 1.67 bits per heavy atom. The minimum absolute atomic E-state index is 0.141. The molecule has 2 aromatic heterocycles. The zero-order chi connectivity index (χ0) is 16.1. The summed E-state index contributed by atoms with van der Waals surface area (Å²) in [5.74, 6) is 4.72. The molecule has 3 heterocycles. The highest BCUT2D eigenvalue weighted by molar-refractivity contribution is 5.07. The standard InChI is InChI=1S/C17H23N5O2/c1-10(16-18-14(20-23-16)11-4-5-11)22-8-2-3-13(9-22)15-19-17(24-21-15)12-6-7-12/h10-13H,2-9H2,1H3. The summed E-state index contributed by atoms with van der Waals surface area (Å²) in [7, 11) is 0. The highest BCUT2D eigenvalue weighted by Crippen LogP contribution is 2.40. The zero-order valence-corrected chi connectivity index (χ0v) is 14.0. The van der Waals surface area contributed by atoms with Crippen molar-refractivity contribution in [3.8, 4) is 0 Å². The second-order valence-corrected chi connectivity index (χ2v) is 7.54. The molecular weight excluding hydrogens is 306 g/mol. The van der Waals surface area contributed by atoms with Crippen LogP contribution in [0.1, 0.15) is 92.7 Å². The van der Waals surface area contributed by atoms with Crippen LogP contribution in [0.5, 0.6) is 0 Å². The molecule has 2 aromatic rings. The highest BCUT2D eigenvalue weighted by atomic mass is 16.5. The largest absolute Gasteiger partial charge is 0.339 e. The van der Waals surface area contributed by atoms with Gasteiger partial charge in [-0.25, -0.2) is 0 Å². The van der Waals surface area contributed by atoms with E-state index >= 15 is 0 Å². The summed E-state index contributed by atoms with van der Waals surface area (Å²) >= 11 is 0. The molecule has 2 saturated carbocycles. The maximum absolute atomic E-state index is 5.51. The fourth-order valence-electron chi connectivity index (χ4n) is 3.56. The van der Waals surface area contributed by atoms with Crippen molar-refractivity contribution in [2.75, 3.05) is 13.1 Å². The number of hydrogen-bond acceptors (Lipinski definition) is 7. The Kier molecular flexibility index (Phi) is 3.43. The van der Waals surface area contributed by atoms with Crippen molar-refractivity contribution in [3.63, 3.8) is 0 Å². The molecule has 1 saturated heterocycles. The average Bonchev–Trinajstić information content (AvgIpc) is 3.55. The van der Waals surface area contributed by atoms with E-state index in [1.165, 1.54) is 25.7 Å². The van der Waals surface area contributed by atoms with Crippen LogP contribution in [0.25, 0.3) is 0 Å². The number of nitrogens with zero attached hydrogens (tertiary/aromatic N) is 5. The van der Waals surface area contributed by atoms with Crippen LogP contribution in [-0.4, -0.2) is 38.3 Å². The molecule has 0 amide bonds. The van der Waals surface area contributed by atoms with Gasteiger partial charge in [0, 0.05) is 24.3 Å². The van der Waals surface area contributed by atoms with Gasteiger partial charge >= 0.3 is 0 Å². The molecule has 2 unspecified atom stereocenters. The van der Waals surface area contributed by atoms with Gasteiger partial charge in [0.2, 0.25) is 11.8 Å². The van der Waals surface area contributed by atoms with E-state index in [2.05, 4.69) is 32.1 Å². The van der Waals surface area contributed by atoms with Gasteiger partial charge in [-0.15, -0.1) is 0 Å². The Balaban J connectivity index is 1.28. The number of piperidine rings is 1. The summed E-state index contributed by atoms with van der Waals surface area (Å²) in [5.41, 5.74) is 0. The first kappa shape index (κ1) is 14.6. The molecule has 3 fully saturated rings. The van der Waals surface area contributed by atoms with E-state index in [9.17, 15) is 0 Å². The minimum atomic E-state index is 0.141. The van der Waals surface area contributed by atoms with Gasteiger partial charge in [-0.3, -0.25) is 4.90 Å². The van der Waals surface area contributed by atoms with Crippen molar-refractivity contribution in [2.24, 2.45) is 0 Å². The smallest absolute Gasteiger partial charge is 0.243 e. The van der Waals surface area contributed by atoms with Crippen molar-refractivity contribution < 1.29 is 9.05 Å². The predicted octanol–water partition coefficient (Wildman–Crippen LogP) is 3.15. The van der Waals surface area contributed by atoms with Crippen LogP contribution in [0, 0.1) is 0 Å². The lowest BCUT2D eigenvalue weighted by Crippen LogP contribution is -2.36. The summed E-state index contributed by atoms with van der Waals surface area (Å²) < 4.78 is 11.0. The average molecular weight is 329 g/mol. The first-order valence-corrected chi connectivity index (χ1v) is 9.19. The monoisotopic (exact) mass is 329 g/mol. The highest BCUT2D eigenvalue weighted by Gasteiger charge is 2.35. The van der Waals surface area contributed by atoms with Crippen LogP contribution >= 0.6 is 0 Å². The van der Waals surface area contributed by atoms with Crippen LogP contribution in [0.2, 0.25) is 0 Å². The lowest BCUT2D eigenvalue weighted by molar-refractivity contribution is 0.130. The van der Waals surface area contributed by atoms with E-state index in [4.69, 9.17) is 9.05 Å². The Morgan fingerprint density at radius 3 is 2.46 bits per heavy atom. The predicted molar refractivity (Wildman–Crippen MR) is 84.5 cm³/mol. The molecule has 3 aliphatic rings. The molecule has 0 N–H and O–H groups in total. The molecule has 24 heavy (non-hydrogen) atoms. The van der Waals surface area contributed by atoms with Crippen LogP contribution in [0.15, 0.2) is 9.05 Å². The molecule has 1 aliphatic heterocycles. The van der Waals surface area contributed by atoms with Crippen molar-refractivity contribution in [1.82, 2.24) is 25.2 Å². The van der Waals surface area contributed by atoms with Crippen LogP contribution in [0.4, 0.5) is 0 Å². The van der Waals surface area contributed by atoms with Crippen molar-refractivity contribution in [1.29, 1.82) is 0 Å². The summed E-state index contributed by atoms with van der Waals surface area (Å²) in [6.45, 7) is 4.12. The first-order chi connectivity index (χ1) is 11.8. The van der Waals surface area contributed by atoms with Crippen molar-refractivity contribution in [3.05, 3.63) is 23.4 Å². The molecule has 5 rings (SSSR count). The lowest BCUT2D eigenvalue weighted by Gasteiger charge is -2.34. The van der Waals surface area contributed by atoms with Crippen molar-refractivity contribution in [2.45, 2.75) is 69.2 Å². The number of aromatic nitrogens is 4. The van der Waals surface area contributed by atoms with Gasteiger partial charge in [0.15, 0.2) is 11.6 Å². The Bertz CT molecular complexity index is 670. The normalized spacial score (nSPS) is 26.6. The van der Waals surface area contributed by atoms with E-state index in [-0.39, 0.29) is 6.04 Å². The van der Waals surface area contributed by atoms with Gasteiger partial charge in [-0.2, -0.15) is 9.97 Å². The zero-order valence-electron chi connectivity index (χ0n) is 14.0.